The lowest BCUT2D eigenvalue weighted by Gasteiger charge is -2.39. The first-order chi connectivity index (χ1) is 11.7. The first kappa shape index (κ1) is 18.5. The Morgan fingerprint density at radius 1 is 1.00 bits per heavy atom. The molecule has 2 amide bonds. The second-order valence-electron chi connectivity index (χ2n) is 6.99. The van der Waals surface area contributed by atoms with E-state index in [0.29, 0.717) is 11.3 Å². The van der Waals surface area contributed by atoms with E-state index in [1.807, 2.05) is 25.1 Å². The Hall–Kier alpha value is -2.82. The van der Waals surface area contributed by atoms with E-state index >= 15 is 0 Å². The lowest BCUT2D eigenvalue weighted by atomic mass is 9.97. The SMILES string of the molecule is Cc1ccc(NC(=O)C(c2ccccc2)N(C(=O)O)C(C)(C)C)cc1. The highest BCUT2D eigenvalue weighted by Gasteiger charge is 2.38. The summed E-state index contributed by atoms with van der Waals surface area (Å²) >= 11 is 0. The number of rotatable bonds is 4. The first-order valence-corrected chi connectivity index (χ1v) is 8.15. The van der Waals surface area contributed by atoms with Crippen molar-refractivity contribution in [1.29, 1.82) is 0 Å². The third kappa shape index (κ3) is 4.59. The molecule has 0 heterocycles. The molecule has 0 fully saturated rings. The van der Waals surface area contributed by atoms with Crippen LogP contribution in [0.25, 0.3) is 0 Å². The van der Waals surface area contributed by atoms with Crippen LogP contribution in [0.5, 0.6) is 0 Å². The highest BCUT2D eigenvalue weighted by atomic mass is 16.4. The molecule has 0 aliphatic heterocycles. The topological polar surface area (TPSA) is 69.6 Å². The van der Waals surface area contributed by atoms with E-state index in [1.54, 1.807) is 57.2 Å². The van der Waals surface area contributed by atoms with Crippen molar-refractivity contribution in [2.24, 2.45) is 0 Å². The van der Waals surface area contributed by atoms with Crippen molar-refractivity contribution >= 4 is 17.7 Å². The van der Waals surface area contributed by atoms with Crippen molar-refractivity contribution in [2.45, 2.75) is 39.3 Å². The van der Waals surface area contributed by atoms with Crippen LogP contribution in [-0.2, 0) is 4.79 Å². The molecule has 5 heteroatoms. The largest absolute Gasteiger partial charge is 0.465 e. The summed E-state index contributed by atoms with van der Waals surface area (Å²) in [7, 11) is 0. The van der Waals surface area contributed by atoms with Crippen LogP contribution in [0.1, 0.15) is 37.9 Å². The molecule has 25 heavy (non-hydrogen) atoms. The summed E-state index contributed by atoms with van der Waals surface area (Å²) in [4.78, 5) is 26.1. The second-order valence-corrected chi connectivity index (χ2v) is 6.99. The molecule has 0 saturated carbocycles. The lowest BCUT2D eigenvalue weighted by molar-refractivity contribution is -0.122. The summed E-state index contributed by atoms with van der Waals surface area (Å²) in [5.74, 6) is -0.382. The molecule has 0 radical (unpaired) electrons. The average Bonchev–Trinajstić information content (AvgIpc) is 2.53. The standard InChI is InChI=1S/C20H24N2O3/c1-14-10-12-16(13-11-14)21-18(23)17(15-8-6-5-7-9-15)22(19(24)25)20(2,3)4/h5-13,17H,1-4H3,(H,21,23)(H,24,25). The zero-order valence-corrected chi connectivity index (χ0v) is 15.0. The minimum atomic E-state index is -1.14. The first-order valence-electron chi connectivity index (χ1n) is 8.15. The van der Waals surface area contributed by atoms with Crippen LogP contribution in [0, 0.1) is 6.92 Å². The number of hydrogen-bond acceptors (Lipinski definition) is 2. The van der Waals surface area contributed by atoms with Crippen molar-refractivity contribution in [1.82, 2.24) is 4.90 Å². The number of nitrogens with zero attached hydrogens (tertiary/aromatic N) is 1. The molecule has 2 N–H and O–H groups in total. The van der Waals surface area contributed by atoms with Crippen LogP contribution in [0.2, 0.25) is 0 Å². The number of hydrogen-bond donors (Lipinski definition) is 2. The Morgan fingerprint density at radius 3 is 2.04 bits per heavy atom. The van der Waals surface area contributed by atoms with Crippen molar-refractivity contribution in [3.63, 3.8) is 0 Å². The van der Waals surface area contributed by atoms with Crippen LogP contribution in [-0.4, -0.2) is 27.5 Å². The maximum Gasteiger partial charge on any atom is 0.408 e. The number of carbonyl (C=O) groups is 2. The summed E-state index contributed by atoms with van der Waals surface area (Å²) in [5, 5.41) is 12.6. The quantitative estimate of drug-likeness (QED) is 0.863. The van der Waals surface area contributed by atoms with Gasteiger partial charge in [-0.3, -0.25) is 9.69 Å². The van der Waals surface area contributed by atoms with Crippen LogP contribution >= 0.6 is 0 Å². The zero-order valence-electron chi connectivity index (χ0n) is 15.0. The number of amides is 2. The highest BCUT2D eigenvalue weighted by Crippen LogP contribution is 2.30. The van der Waals surface area contributed by atoms with Gasteiger partial charge in [0, 0.05) is 11.2 Å². The summed E-state index contributed by atoms with van der Waals surface area (Å²) in [6, 6.07) is 15.4. The predicted molar refractivity (Wildman–Crippen MR) is 98.6 cm³/mol. The van der Waals surface area contributed by atoms with Crippen molar-refractivity contribution in [3.8, 4) is 0 Å². The second kappa shape index (κ2) is 7.38. The maximum absolute atomic E-state index is 13.0. The number of benzene rings is 2. The summed E-state index contributed by atoms with van der Waals surface area (Å²) in [6.45, 7) is 7.28. The van der Waals surface area contributed by atoms with Gasteiger partial charge >= 0.3 is 6.09 Å². The fourth-order valence-electron chi connectivity index (χ4n) is 2.69. The minimum Gasteiger partial charge on any atom is -0.465 e. The average molecular weight is 340 g/mol. The van der Waals surface area contributed by atoms with Crippen LogP contribution < -0.4 is 5.32 Å². The van der Waals surface area contributed by atoms with Gasteiger partial charge in [0.15, 0.2) is 0 Å². The minimum absolute atomic E-state index is 0.382. The molecule has 132 valence electrons. The van der Waals surface area contributed by atoms with Crippen molar-refractivity contribution in [3.05, 3.63) is 65.7 Å². The van der Waals surface area contributed by atoms with Gasteiger partial charge in [-0.05, 0) is 45.4 Å². The normalized spacial score (nSPS) is 12.3. The fourth-order valence-corrected chi connectivity index (χ4v) is 2.69. The van der Waals surface area contributed by atoms with Gasteiger partial charge in [0.25, 0.3) is 5.91 Å². The molecule has 0 saturated heterocycles. The molecular formula is C20H24N2O3. The Morgan fingerprint density at radius 2 is 1.56 bits per heavy atom. The molecule has 1 unspecified atom stereocenters. The molecule has 0 aromatic heterocycles. The molecule has 2 rings (SSSR count). The lowest BCUT2D eigenvalue weighted by Crippen LogP contribution is -2.50. The Balaban J connectivity index is 2.42. The van der Waals surface area contributed by atoms with Crippen LogP contribution in [0.15, 0.2) is 54.6 Å². The van der Waals surface area contributed by atoms with Gasteiger partial charge in [-0.15, -0.1) is 0 Å². The third-order valence-electron chi connectivity index (χ3n) is 3.87. The number of carboxylic acid groups (broad SMARTS) is 1. The molecule has 0 spiro atoms. The number of anilines is 1. The summed E-state index contributed by atoms with van der Waals surface area (Å²) < 4.78 is 0. The molecule has 1 atom stereocenters. The fraction of sp³-hybridized carbons (Fsp3) is 0.300. The van der Waals surface area contributed by atoms with Crippen LogP contribution in [0.4, 0.5) is 10.5 Å². The number of aryl methyl sites for hydroxylation is 1. The molecule has 0 aliphatic carbocycles. The summed E-state index contributed by atoms with van der Waals surface area (Å²) in [5.41, 5.74) is 1.61. The van der Waals surface area contributed by atoms with E-state index in [-0.39, 0.29) is 5.91 Å². The zero-order chi connectivity index (χ0) is 18.6. The monoisotopic (exact) mass is 340 g/mol. The van der Waals surface area contributed by atoms with E-state index in [9.17, 15) is 14.7 Å². The predicted octanol–water partition coefficient (Wildman–Crippen LogP) is 4.45. The third-order valence-corrected chi connectivity index (χ3v) is 3.87. The smallest absolute Gasteiger partial charge is 0.408 e. The molecule has 0 aliphatic rings. The maximum atomic E-state index is 13.0. The van der Waals surface area contributed by atoms with E-state index in [1.165, 1.54) is 4.90 Å². The van der Waals surface area contributed by atoms with Gasteiger partial charge < -0.3 is 10.4 Å². The Bertz CT molecular complexity index is 734. The number of nitrogens with one attached hydrogen (secondary N) is 1. The van der Waals surface area contributed by atoms with Gasteiger partial charge in [-0.1, -0.05) is 48.0 Å². The van der Waals surface area contributed by atoms with Gasteiger partial charge in [0.2, 0.25) is 0 Å². The van der Waals surface area contributed by atoms with E-state index < -0.39 is 17.7 Å². The van der Waals surface area contributed by atoms with Crippen LogP contribution in [0.3, 0.4) is 0 Å². The molecule has 2 aromatic rings. The van der Waals surface area contributed by atoms with Gasteiger partial charge in [-0.2, -0.15) is 0 Å². The van der Waals surface area contributed by atoms with Gasteiger partial charge in [-0.25, -0.2) is 4.79 Å². The Labute approximate surface area is 148 Å². The van der Waals surface area contributed by atoms with Crippen molar-refractivity contribution in [2.75, 3.05) is 5.32 Å². The molecule has 2 aromatic carbocycles. The highest BCUT2D eigenvalue weighted by molar-refractivity contribution is 5.97. The van der Waals surface area contributed by atoms with E-state index in [2.05, 4.69) is 5.32 Å². The van der Waals surface area contributed by atoms with E-state index in [0.717, 1.165) is 5.56 Å². The van der Waals surface area contributed by atoms with Gasteiger partial charge in [0.05, 0.1) is 0 Å². The number of carbonyl (C=O) groups excluding carboxylic acids is 1. The molecular weight excluding hydrogens is 316 g/mol. The molecule has 5 nitrogen and oxygen atoms in total. The van der Waals surface area contributed by atoms with Gasteiger partial charge in [0.1, 0.15) is 6.04 Å². The Kier molecular flexibility index (Phi) is 5.47. The summed E-state index contributed by atoms with van der Waals surface area (Å²) in [6.07, 6.45) is -1.14. The van der Waals surface area contributed by atoms with Crippen molar-refractivity contribution < 1.29 is 14.7 Å². The van der Waals surface area contributed by atoms with E-state index in [4.69, 9.17) is 0 Å². The molecule has 0 bridgehead atoms.